The molecule has 380 valence electrons. The van der Waals surface area contributed by atoms with E-state index in [0.29, 0.717) is 31.2 Å². The predicted octanol–water partition coefficient (Wildman–Crippen LogP) is 11.3. The van der Waals surface area contributed by atoms with Gasteiger partial charge in [-0.15, -0.1) is 0 Å². The Labute approximate surface area is 409 Å². The molecule has 8 rings (SSSR count). The SMILES string of the molecule is C.CCC1O[C@@H](OCc2ccccc2)C(C)[C@@H](C)[C@@H]1O[C@@H]1OC(CC)[C@@H](O[C@@H]2OC3COC(c4ccccc4)O[C@H]3[C@H](O)C2OCc2ccccc2)[C@H](C)C1C.CCC1O[C@H](C)C(C)[C@@H](C)[C@@H]1C. The summed E-state index contributed by atoms with van der Waals surface area (Å²) in [5.74, 6) is 2.54. The third kappa shape index (κ3) is 12.8. The van der Waals surface area contributed by atoms with Crippen LogP contribution in [-0.4, -0.2) is 91.6 Å². The standard InChI is InChI=1S/C45H60O10.C11H22O.CH4/c1-7-34-38(27(3)29(5)42(50-34)48-25-32-20-14-10-15-21-32)53-43-30(6)28(4)39(35(8-2)51-43)54-45-41(47-24-31-18-12-9-13-19-31)37(46)40-36(52-45)26-49-44(55-40)33-22-16-11-17-23-33;1-6-11-9(4)7(2)8(3)10(5)12-11;/h9-23,27-30,34-46H,7-8,24-26H2,1-6H3;7-11H,6H2,1-5H3;1H4/t27-,28-,29?,30?,34?,35?,36?,37+,38+,39+,40-,41?,42-,43+,44?,45+;7-,8?,9+,10-,11?;/m11./s1. The van der Waals surface area contributed by atoms with E-state index < -0.39 is 43.3 Å². The van der Waals surface area contributed by atoms with Crippen molar-refractivity contribution in [2.75, 3.05) is 6.61 Å². The number of fused-ring (bicyclic) bond motifs is 1. The van der Waals surface area contributed by atoms with Gasteiger partial charge in [0.15, 0.2) is 25.2 Å². The second-order valence-electron chi connectivity index (χ2n) is 20.2. The Kier molecular flexibility index (Phi) is 20.5. The average Bonchev–Trinajstić information content (AvgIpc) is 3.36. The second kappa shape index (κ2) is 25.6. The molecule has 0 aliphatic carbocycles. The van der Waals surface area contributed by atoms with Crippen LogP contribution in [0.3, 0.4) is 0 Å². The summed E-state index contributed by atoms with van der Waals surface area (Å²) in [6, 6.07) is 29.8. The van der Waals surface area contributed by atoms with Crippen molar-refractivity contribution >= 4 is 0 Å². The molecule has 0 saturated carbocycles. The quantitative estimate of drug-likeness (QED) is 0.167. The lowest BCUT2D eigenvalue weighted by Gasteiger charge is -2.51. The van der Waals surface area contributed by atoms with Crippen LogP contribution in [0.5, 0.6) is 0 Å². The van der Waals surface area contributed by atoms with Crippen LogP contribution in [0.1, 0.15) is 126 Å². The van der Waals surface area contributed by atoms with Crippen molar-refractivity contribution in [3.05, 3.63) is 108 Å². The summed E-state index contributed by atoms with van der Waals surface area (Å²) >= 11 is 0. The molecule has 5 aliphatic heterocycles. The summed E-state index contributed by atoms with van der Waals surface area (Å²) < 4.78 is 65.0. The molecule has 1 N–H and O–H groups in total. The maximum atomic E-state index is 11.9. The first kappa shape index (κ1) is 54.6. The van der Waals surface area contributed by atoms with E-state index in [0.717, 1.165) is 41.4 Å². The zero-order chi connectivity index (χ0) is 47.8. The van der Waals surface area contributed by atoms with Gasteiger partial charge in [0.25, 0.3) is 0 Å². The van der Waals surface area contributed by atoms with E-state index in [2.05, 4.69) is 88.3 Å². The Balaban J connectivity index is 0.000000512. The minimum Gasteiger partial charge on any atom is -0.387 e. The van der Waals surface area contributed by atoms with E-state index in [1.54, 1.807) is 0 Å². The monoisotopic (exact) mass is 947 g/mol. The van der Waals surface area contributed by atoms with Crippen molar-refractivity contribution in [1.29, 1.82) is 0 Å². The molecule has 0 aromatic heterocycles. The van der Waals surface area contributed by atoms with Gasteiger partial charge in [-0.25, -0.2) is 0 Å². The smallest absolute Gasteiger partial charge is 0.187 e. The molecule has 21 atom stereocenters. The molecule has 3 aromatic rings. The molecule has 9 unspecified atom stereocenters. The van der Waals surface area contributed by atoms with Crippen LogP contribution in [0, 0.1) is 41.4 Å². The van der Waals surface area contributed by atoms with Crippen molar-refractivity contribution in [3.63, 3.8) is 0 Å². The van der Waals surface area contributed by atoms with Crippen LogP contribution in [0.25, 0.3) is 0 Å². The van der Waals surface area contributed by atoms with E-state index in [1.807, 2.05) is 78.9 Å². The van der Waals surface area contributed by atoms with Crippen molar-refractivity contribution in [2.45, 2.75) is 202 Å². The molecule has 5 fully saturated rings. The van der Waals surface area contributed by atoms with Crippen LogP contribution in [0.2, 0.25) is 0 Å². The van der Waals surface area contributed by atoms with E-state index >= 15 is 0 Å². The van der Waals surface area contributed by atoms with Gasteiger partial charge in [-0.1, -0.05) is 168 Å². The van der Waals surface area contributed by atoms with Gasteiger partial charge < -0.3 is 52.5 Å². The highest BCUT2D eigenvalue weighted by molar-refractivity contribution is 5.17. The number of aliphatic hydroxyl groups excluding tert-OH is 1. The number of benzene rings is 3. The van der Waals surface area contributed by atoms with Gasteiger partial charge in [-0.3, -0.25) is 0 Å². The van der Waals surface area contributed by atoms with Crippen molar-refractivity contribution in [2.24, 2.45) is 41.4 Å². The van der Waals surface area contributed by atoms with Crippen LogP contribution < -0.4 is 0 Å². The Morgan fingerprint density at radius 2 is 0.985 bits per heavy atom. The van der Waals surface area contributed by atoms with Crippen LogP contribution in [-0.2, 0) is 60.6 Å². The third-order valence-corrected chi connectivity index (χ3v) is 16.0. The van der Waals surface area contributed by atoms with Crippen molar-refractivity contribution < 1.29 is 52.5 Å². The average molecular weight is 947 g/mol. The van der Waals surface area contributed by atoms with Crippen LogP contribution in [0.15, 0.2) is 91.0 Å². The summed E-state index contributed by atoms with van der Waals surface area (Å²) in [6.45, 7) is 25.4. The topological polar surface area (TPSA) is 113 Å². The first-order valence-electron chi connectivity index (χ1n) is 25.6. The minimum absolute atomic E-state index is 0. The Morgan fingerprint density at radius 3 is 1.54 bits per heavy atom. The second-order valence-corrected chi connectivity index (χ2v) is 20.2. The van der Waals surface area contributed by atoms with Gasteiger partial charge in [-0.2, -0.15) is 0 Å². The van der Waals surface area contributed by atoms with Gasteiger partial charge in [0.2, 0.25) is 0 Å². The summed E-state index contributed by atoms with van der Waals surface area (Å²) in [4.78, 5) is 0. The van der Waals surface area contributed by atoms with Crippen LogP contribution >= 0.6 is 0 Å². The third-order valence-electron chi connectivity index (χ3n) is 16.0. The first-order chi connectivity index (χ1) is 32.3. The van der Waals surface area contributed by atoms with Gasteiger partial charge in [-0.05, 0) is 66.9 Å². The maximum Gasteiger partial charge on any atom is 0.187 e. The molecule has 0 bridgehead atoms. The zero-order valence-corrected chi connectivity index (χ0v) is 42.1. The predicted molar refractivity (Wildman–Crippen MR) is 264 cm³/mol. The molecule has 3 aromatic carbocycles. The molecule has 0 radical (unpaired) electrons. The molecule has 68 heavy (non-hydrogen) atoms. The van der Waals surface area contributed by atoms with E-state index in [9.17, 15) is 5.11 Å². The highest BCUT2D eigenvalue weighted by Crippen LogP contribution is 2.43. The summed E-state index contributed by atoms with van der Waals surface area (Å²) in [6.07, 6.45) is -2.73. The molecule has 5 heterocycles. The fraction of sp³-hybridized carbons (Fsp3) is 0.684. The molecular weight excluding hydrogens is 861 g/mol. The molecular formula is C57H86O11. The Morgan fingerprint density at radius 1 is 0.485 bits per heavy atom. The Hall–Kier alpha value is -2.78. The van der Waals surface area contributed by atoms with Crippen LogP contribution in [0.4, 0.5) is 0 Å². The number of rotatable bonds is 14. The number of aliphatic hydroxyl groups is 1. The van der Waals surface area contributed by atoms with Crippen molar-refractivity contribution in [3.8, 4) is 0 Å². The summed E-state index contributed by atoms with van der Waals surface area (Å²) in [7, 11) is 0. The number of hydrogen-bond donors (Lipinski definition) is 1. The highest BCUT2D eigenvalue weighted by atomic mass is 16.8. The summed E-state index contributed by atoms with van der Waals surface area (Å²) in [5, 5.41) is 11.9. The van der Waals surface area contributed by atoms with Crippen molar-refractivity contribution in [1.82, 2.24) is 0 Å². The molecule has 0 amide bonds. The van der Waals surface area contributed by atoms with E-state index in [-0.39, 0.29) is 75.0 Å². The molecule has 0 spiro atoms. The maximum absolute atomic E-state index is 11.9. The van der Waals surface area contributed by atoms with E-state index in [4.69, 9.17) is 47.4 Å². The number of hydrogen-bond acceptors (Lipinski definition) is 11. The lowest BCUT2D eigenvalue weighted by Crippen LogP contribution is -2.64. The lowest BCUT2D eigenvalue weighted by molar-refractivity contribution is -0.387. The first-order valence-corrected chi connectivity index (χ1v) is 25.6. The van der Waals surface area contributed by atoms with Gasteiger partial charge in [0, 0.05) is 17.4 Å². The van der Waals surface area contributed by atoms with Gasteiger partial charge in [0.1, 0.15) is 24.4 Å². The lowest BCUT2D eigenvalue weighted by atomic mass is 9.76. The minimum atomic E-state index is -1.03. The number of ether oxygens (including phenoxy) is 10. The normalized spacial score (nSPS) is 40.5. The zero-order valence-electron chi connectivity index (χ0n) is 42.1. The molecule has 11 heteroatoms. The molecule has 5 aliphatic rings. The summed E-state index contributed by atoms with van der Waals surface area (Å²) in [5.41, 5.74) is 2.98. The van der Waals surface area contributed by atoms with Gasteiger partial charge in [0.05, 0.1) is 56.4 Å². The fourth-order valence-electron chi connectivity index (χ4n) is 10.6. The largest absolute Gasteiger partial charge is 0.387 e. The van der Waals surface area contributed by atoms with Gasteiger partial charge >= 0.3 is 0 Å². The fourth-order valence-corrected chi connectivity index (χ4v) is 10.6. The highest BCUT2D eigenvalue weighted by Gasteiger charge is 2.54. The molecule has 11 nitrogen and oxygen atoms in total. The van der Waals surface area contributed by atoms with E-state index in [1.165, 1.54) is 0 Å². The Bertz CT molecular complexity index is 1860. The molecule has 5 saturated heterocycles.